The summed E-state index contributed by atoms with van der Waals surface area (Å²) >= 11 is 0. The van der Waals surface area contributed by atoms with Crippen LogP contribution in [0.15, 0.2) is 72.8 Å². The summed E-state index contributed by atoms with van der Waals surface area (Å²) in [4.78, 5) is 4.87. The third kappa shape index (κ3) is 3.16. The zero-order valence-electron chi connectivity index (χ0n) is 16.6. The van der Waals surface area contributed by atoms with Crippen molar-refractivity contribution in [3.05, 3.63) is 84.3 Å². The van der Waals surface area contributed by atoms with Crippen LogP contribution in [-0.2, 0) is 0 Å². The van der Waals surface area contributed by atoms with Crippen LogP contribution in [-0.4, -0.2) is 25.1 Å². The third-order valence-electron chi connectivity index (χ3n) is 5.93. The van der Waals surface area contributed by atoms with E-state index < -0.39 is 6.10 Å². The first-order valence-corrected chi connectivity index (χ1v) is 10.4. The van der Waals surface area contributed by atoms with Crippen LogP contribution in [0.3, 0.4) is 0 Å². The number of fused-ring (bicyclic) bond motifs is 2. The minimum absolute atomic E-state index is 0.290. The number of pyridine rings is 1. The molecule has 6 heteroatoms. The molecule has 2 aromatic heterocycles. The van der Waals surface area contributed by atoms with Gasteiger partial charge in [0.05, 0.1) is 28.7 Å². The van der Waals surface area contributed by atoms with Gasteiger partial charge in [0.25, 0.3) is 0 Å². The second kappa shape index (κ2) is 6.96. The van der Waals surface area contributed by atoms with E-state index in [-0.39, 0.29) is 5.82 Å². The van der Waals surface area contributed by atoms with Crippen molar-refractivity contribution in [2.24, 2.45) is 5.92 Å². The number of aliphatic hydroxyl groups is 1. The highest BCUT2D eigenvalue weighted by atomic mass is 19.1. The van der Waals surface area contributed by atoms with Crippen molar-refractivity contribution >= 4 is 21.8 Å². The van der Waals surface area contributed by atoms with E-state index >= 15 is 0 Å². The van der Waals surface area contributed by atoms with Gasteiger partial charge in [0.15, 0.2) is 0 Å². The number of aliphatic hydroxyl groups excluding tert-OH is 1. The molecule has 1 aliphatic rings. The van der Waals surface area contributed by atoms with Crippen LogP contribution < -0.4 is 0 Å². The van der Waals surface area contributed by atoms with Crippen LogP contribution >= 0.6 is 0 Å². The topological polar surface area (TPSA) is 63.8 Å². The molecule has 0 aliphatic heterocycles. The van der Waals surface area contributed by atoms with E-state index in [4.69, 9.17) is 4.98 Å². The van der Waals surface area contributed by atoms with Gasteiger partial charge >= 0.3 is 0 Å². The van der Waals surface area contributed by atoms with Gasteiger partial charge in [-0.3, -0.25) is 0 Å². The number of hydrogen-bond acceptors (Lipinski definition) is 4. The number of hydrogen-bond donors (Lipinski definition) is 1. The Kier molecular flexibility index (Phi) is 4.07. The highest BCUT2D eigenvalue weighted by Crippen LogP contribution is 2.42. The lowest BCUT2D eigenvalue weighted by atomic mass is 10.0. The van der Waals surface area contributed by atoms with Crippen molar-refractivity contribution in [2.45, 2.75) is 18.9 Å². The molecule has 1 saturated carbocycles. The molecule has 152 valence electrons. The van der Waals surface area contributed by atoms with E-state index in [9.17, 15) is 9.50 Å². The fraction of sp³-hybridized carbons (Fsp3) is 0.160. The first kappa shape index (κ1) is 18.2. The first-order valence-electron chi connectivity index (χ1n) is 10.4. The fourth-order valence-corrected chi connectivity index (χ4v) is 4.09. The molecule has 1 atom stereocenters. The van der Waals surface area contributed by atoms with E-state index in [1.54, 1.807) is 16.8 Å². The maximum atomic E-state index is 13.3. The van der Waals surface area contributed by atoms with E-state index in [1.165, 1.54) is 12.1 Å². The number of nitrogens with zero attached hydrogens (tertiary/aromatic N) is 4. The van der Waals surface area contributed by atoms with E-state index in [0.717, 1.165) is 57.3 Å². The summed E-state index contributed by atoms with van der Waals surface area (Å²) in [6.45, 7) is 0. The van der Waals surface area contributed by atoms with Gasteiger partial charge in [-0.05, 0) is 66.6 Å². The monoisotopic (exact) mass is 410 g/mol. The van der Waals surface area contributed by atoms with Crippen molar-refractivity contribution < 1.29 is 9.50 Å². The Morgan fingerprint density at radius 3 is 2.58 bits per heavy atom. The number of halogens is 1. The van der Waals surface area contributed by atoms with E-state index in [2.05, 4.69) is 10.3 Å². The van der Waals surface area contributed by atoms with Crippen molar-refractivity contribution in [1.29, 1.82) is 0 Å². The smallest absolute Gasteiger partial charge is 0.123 e. The predicted molar refractivity (Wildman–Crippen MR) is 117 cm³/mol. The molecule has 1 unspecified atom stereocenters. The molecule has 0 bridgehead atoms. The first-order chi connectivity index (χ1) is 15.2. The molecule has 2 heterocycles. The molecule has 1 fully saturated rings. The maximum absolute atomic E-state index is 13.3. The number of aromatic nitrogens is 4. The molecular formula is C25H19FN4O. The summed E-state index contributed by atoms with van der Waals surface area (Å²) in [7, 11) is 0. The third-order valence-corrected chi connectivity index (χ3v) is 5.93. The van der Waals surface area contributed by atoms with Crippen molar-refractivity contribution in [1.82, 2.24) is 20.0 Å². The lowest BCUT2D eigenvalue weighted by Gasteiger charge is -2.14. The van der Waals surface area contributed by atoms with Gasteiger partial charge < -0.3 is 5.11 Å². The van der Waals surface area contributed by atoms with Gasteiger partial charge in [-0.2, -0.15) is 0 Å². The summed E-state index contributed by atoms with van der Waals surface area (Å²) in [6.07, 6.45) is 1.53. The minimum atomic E-state index is -0.548. The van der Waals surface area contributed by atoms with Crippen molar-refractivity contribution in [2.75, 3.05) is 0 Å². The molecule has 0 amide bonds. The standard InChI is InChI=1S/C25H19FN4O/c26-18-8-10-19(11-9-18)30-23-12-7-17(14-22(23)28-29-30)21-13-16-3-1-2-4-20(16)24(27-21)25(31)15-5-6-15/h1-4,7-15,25,31H,5-6H2. The van der Waals surface area contributed by atoms with Gasteiger partial charge in [0, 0.05) is 10.9 Å². The van der Waals surface area contributed by atoms with Crippen LogP contribution in [0.5, 0.6) is 0 Å². The highest BCUT2D eigenvalue weighted by molar-refractivity contribution is 5.89. The largest absolute Gasteiger partial charge is 0.386 e. The average molecular weight is 410 g/mol. The summed E-state index contributed by atoms with van der Waals surface area (Å²) in [5, 5.41) is 21.4. The Bertz CT molecular complexity index is 1420. The lowest BCUT2D eigenvalue weighted by Crippen LogP contribution is -2.04. The molecule has 0 spiro atoms. The van der Waals surface area contributed by atoms with Gasteiger partial charge in [-0.1, -0.05) is 35.5 Å². The molecule has 0 radical (unpaired) electrons. The summed E-state index contributed by atoms with van der Waals surface area (Å²) in [5.74, 6) is 0.00580. The van der Waals surface area contributed by atoms with Crippen molar-refractivity contribution in [3.63, 3.8) is 0 Å². The van der Waals surface area contributed by atoms with Gasteiger partial charge in [-0.25, -0.2) is 14.1 Å². The zero-order valence-corrected chi connectivity index (χ0v) is 16.6. The Morgan fingerprint density at radius 1 is 0.968 bits per heavy atom. The predicted octanol–water partition coefficient (Wildman–Crippen LogP) is 5.22. The molecule has 6 rings (SSSR count). The molecule has 0 saturated heterocycles. The van der Waals surface area contributed by atoms with Gasteiger partial charge in [-0.15, -0.1) is 5.10 Å². The Morgan fingerprint density at radius 2 is 1.77 bits per heavy atom. The molecule has 1 aliphatic carbocycles. The summed E-state index contributed by atoms with van der Waals surface area (Å²) in [6, 6.07) is 22.1. The van der Waals surface area contributed by atoms with Gasteiger partial charge in [0.2, 0.25) is 0 Å². The van der Waals surface area contributed by atoms with Crippen LogP contribution in [0.2, 0.25) is 0 Å². The fourth-order valence-electron chi connectivity index (χ4n) is 4.09. The minimum Gasteiger partial charge on any atom is -0.386 e. The average Bonchev–Trinajstić information content (AvgIpc) is 3.57. The van der Waals surface area contributed by atoms with Crippen LogP contribution in [0.25, 0.3) is 38.8 Å². The summed E-state index contributed by atoms with van der Waals surface area (Å²) < 4.78 is 15.0. The SMILES string of the molecule is OC(c1nc(-c2ccc3c(c2)nnn3-c2ccc(F)cc2)cc2ccccc12)C1CC1. The molecule has 5 nitrogen and oxygen atoms in total. The normalized spacial score (nSPS) is 14.9. The maximum Gasteiger partial charge on any atom is 0.123 e. The van der Waals surface area contributed by atoms with Crippen LogP contribution in [0, 0.1) is 11.7 Å². The molecule has 3 aromatic carbocycles. The number of benzene rings is 3. The summed E-state index contributed by atoms with van der Waals surface area (Å²) in [5.41, 5.74) is 4.75. The Labute approximate surface area is 177 Å². The second-order valence-electron chi connectivity index (χ2n) is 8.08. The molecular weight excluding hydrogens is 391 g/mol. The Hall–Kier alpha value is -3.64. The molecule has 31 heavy (non-hydrogen) atoms. The van der Waals surface area contributed by atoms with Gasteiger partial charge in [0.1, 0.15) is 11.3 Å². The van der Waals surface area contributed by atoms with Crippen molar-refractivity contribution in [3.8, 4) is 16.9 Å². The molecule has 5 aromatic rings. The molecule has 1 N–H and O–H groups in total. The second-order valence-corrected chi connectivity index (χ2v) is 8.08. The Balaban J connectivity index is 1.47. The zero-order chi connectivity index (χ0) is 20.9. The van der Waals surface area contributed by atoms with E-state index in [1.807, 2.05) is 48.5 Å². The lowest BCUT2D eigenvalue weighted by molar-refractivity contribution is 0.151. The quantitative estimate of drug-likeness (QED) is 0.441. The van der Waals surface area contributed by atoms with E-state index in [0.29, 0.717) is 5.92 Å². The van der Waals surface area contributed by atoms with Crippen LogP contribution in [0.4, 0.5) is 4.39 Å². The highest BCUT2D eigenvalue weighted by Gasteiger charge is 2.33. The number of rotatable bonds is 4. The van der Waals surface area contributed by atoms with Crippen LogP contribution in [0.1, 0.15) is 24.6 Å².